The summed E-state index contributed by atoms with van der Waals surface area (Å²) in [6.07, 6.45) is 4.50. The topological polar surface area (TPSA) is 44.5 Å². The Hall–Kier alpha value is -0.900. The van der Waals surface area contributed by atoms with Crippen LogP contribution >= 0.6 is 0 Å². The summed E-state index contributed by atoms with van der Waals surface area (Å²) in [7, 11) is 0. The standard InChI is InChI=1S/C18H25NO2/c19-17(16-10-15(16)13-4-2-1-3-5-13)14-6-8-21-18(11-14)7-9-20-12-18/h1-5,14-17H,6-12,19H2. The molecule has 3 fully saturated rings. The predicted octanol–water partition coefficient (Wildman–Crippen LogP) is 2.70. The zero-order chi connectivity index (χ0) is 14.3. The molecule has 5 atom stereocenters. The third-order valence-electron chi connectivity index (χ3n) is 5.70. The number of hydrogen-bond acceptors (Lipinski definition) is 3. The van der Waals surface area contributed by atoms with Gasteiger partial charge in [-0.1, -0.05) is 30.3 Å². The molecule has 0 aromatic heterocycles. The molecule has 1 saturated carbocycles. The summed E-state index contributed by atoms with van der Waals surface area (Å²) >= 11 is 0. The van der Waals surface area contributed by atoms with E-state index in [1.54, 1.807) is 0 Å². The van der Waals surface area contributed by atoms with Crippen LogP contribution in [0.2, 0.25) is 0 Å². The fraction of sp³-hybridized carbons (Fsp3) is 0.667. The molecule has 21 heavy (non-hydrogen) atoms. The number of nitrogens with two attached hydrogens (primary N) is 1. The first-order valence-electron chi connectivity index (χ1n) is 8.30. The molecule has 2 heterocycles. The third-order valence-corrected chi connectivity index (χ3v) is 5.70. The summed E-state index contributed by atoms with van der Waals surface area (Å²) in [5.41, 5.74) is 8.08. The maximum Gasteiger partial charge on any atom is 0.0939 e. The normalized spacial score (nSPS) is 40.3. The average Bonchev–Trinajstić information content (AvgIpc) is 3.22. The van der Waals surface area contributed by atoms with Gasteiger partial charge in [-0.3, -0.25) is 0 Å². The van der Waals surface area contributed by atoms with Gasteiger partial charge in [-0.05, 0) is 42.6 Å². The van der Waals surface area contributed by atoms with Gasteiger partial charge < -0.3 is 15.2 Å². The summed E-state index contributed by atoms with van der Waals surface area (Å²) in [4.78, 5) is 0. The fourth-order valence-electron chi connectivity index (χ4n) is 4.33. The zero-order valence-electron chi connectivity index (χ0n) is 12.5. The maximum absolute atomic E-state index is 6.64. The smallest absolute Gasteiger partial charge is 0.0939 e. The van der Waals surface area contributed by atoms with Gasteiger partial charge in [0.2, 0.25) is 0 Å². The molecule has 2 saturated heterocycles. The van der Waals surface area contributed by atoms with Crippen molar-refractivity contribution in [2.24, 2.45) is 17.6 Å². The Balaban J connectivity index is 1.40. The molecule has 1 aromatic rings. The van der Waals surface area contributed by atoms with Crippen LogP contribution < -0.4 is 5.73 Å². The maximum atomic E-state index is 6.64. The van der Waals surface area contributed by atoms with Gasteiger partial charge in [0, 0.05) is 25.7 Å². The molecule has 3 aliphatic rings. The number of hydrogen-bond donors (Lipinski definition) is 1. The van der Waals surface area contributed by atoms with Crippen LogP contribution in [0.1, 0.15) is 37.2 Å². The molecule has 0 radical (unpaired) electrons. The van der Waals surface area contributed by atoms with Crippen LogP contribution in [-0.4, -0.2) is 31.5 Å². The first-order valence-corrected chi connectivity index (χ1v) is 8.30. The highest BCUT2D eigenvalue weighted by Crippen LogP contribution is 2.52. The average molecular weight is 287 g/mol. The van der Waals surface area contributed by atoms with Crippen LogP contribution in [0.25, 0.3) is 0 Å². The van der Waals surface area contributed by atoms with Crippen LogP contribution in [0.5, 0.6) is 0 Å². The SMILES string of the molecule is NC(C1CCOC2(CCOC2)C1)C1CC1c1ccccc1. The number of ether oxygens (including phenoxy) is 2. The van der Waals surface area contributed by atoms with Crippen molar-refractivity contribution in [3.8, 4) is 0 Å². The van der Waals surface area contributed by atoms with Gasteiger partial charge in [0.05, 0.1) is 12.2 Å². The Labute approximate surface area is 126 Å². The van der Waals surface area contributed by atoms with Gasteiger partial charge in [0.25, 0.3) is 0 Å². The summed E-state index contributed by atoms with van der Waals surface area (Å²) in [5, 5.41) is 0. The van der Waals surface area contributed by atoms with E-state index in [4.69, 9.17) is 15.2 Å². The van der Waals surface area contributed by atoms with Crippen molar-refractivity contribution in [2.45, 2.75) is 43.2 Å². The van der Waals surface area contributed by atoms with Crippen LogP contribution in [0.4, 0.5) is 0 Å². The minimum absolute atomic E-state index is 0.0162. The van der Waals surface area contributed by atoms with Crippen LogP contribution in [0.3, 0.4) is 0 Å². The highest BCUT2D eigenvalue weighted by molar-refractivity contribution is 5.26. The monoisotopic (exact) mass is 287 g/mol. The van der Waals surface area contributed by atoms with Gasteiger partial charge in [0.15, 0.2) is 0 Å². The Kier molecular flexibility index (Phi) is 3.52. The van der Waals surface area contributed by atoms with E-state index in [0.29, 0.717) is 23.8 Å². The van der Waals surface area contributed by atoms with Crippen molar-refractivity contribution in [3.63, 3.8) is 0 Å². The fourth-order valence-corrected chi connectivity index (χ4v) is 4.33. The lowest BCUT2D eigenvalue weighted by Crippen LogP contribution is -2.46. The van der Waals surface area contributed by atoms with E-state index in [9.17, 15) is 0 Å². The molecule has 0 bridgehead atoms. The summed E-state index contributed by atoms with van der Waals surface area (Å²) < 4.78 is 11.6. The molecule has 4 rings (SSSR count). The molecule has 3 nitrogen and oxygen atoms in total. The zero-order valence-corrected chi connectivity index (χ0v) is 12.5. The predicted molar refractivity (Wildman–Crippen MR) is 82.1 cm³/mol. The van der Waals surface area contributed by atoms with E-state index < -0.39 is 0 Å². The third kappa shape index (κ3) is 2.63. The second-order valence-electron chi connectivity index (χ2n) is 7.08. The van der Waals surface area contributed by atoms with Gasteiger partial charge in [-0.25, -0.2) is 0 Å². The largest absolute Gasteiger partial charge is 0.378 e. The van der Waals surface area contributed by atoms with E-state index >= 15 is 0 Å². The molecular formula is C18H25NO2. The Bertz CT molecular complexity index is 483. The van der Waals surface area contributed by atoms with E-state index in [1.807, 2.05) is 0 Å². The van der Waals surface area contributed by atoms with Gasteiger partial charge in [0.1, 0.15) is 0 Å². The van der Waals surface area contributed by atoms with Crippen molar-refractivity contribution < 1.29 is 9.47 Å². The molecule has 5 unspecified atom stereocenters. The number of rotatable bonds is 3. The molecule has 114 valence electrons. The van der Waals surface area contributed by atoms with Crippen molar-refractivity contribution in [1.82, 2.24) is 0 Å². The lowest BCUT2D eigenvalue weighted by Gasteiger charge is -2.39. The molecular weight excluding hydrogens is 262 g/mol. The first-order chi connectivity index (χ1) is 10.3. The van der Waals surface area contributed by atoms with Gasteiger partial charge in [-0.15, -0.1) is 0 Å². The van der Waals surface area contributed by atoms with E-state index in [1.165, 1.54) is 12.0 Å². The Morgan fingerprint density at radius 2 is 2.05 bits per heavy atom. The summed E-state index contributed by atoms with van der Waals surface area (Å²) in [5.74, 6) is 1.94. The van der Waals surface area contributed by atoms with Crippen molar-refractivity contribution in [3.05, 3.63) is 35.9 Å². The van der Waals surface area contributed by atoms with Crippen LogP contribution in [0.15, 0.2) is 30.3 Å². The summed E-state index contributed by atoms with van der Waals surface area (Å²) in [6.45, 7) is 2.46. The molecule has 3 heteroatoms. The van der Waals surface area contributed by atoms with Gasteiger partial charge >= 0.3 is 0 Å². The van der Waals surface area contributed by atoms with E-state index in [0.717, 1.165) is 39.1 Å². The number of benzene rings is 1. The molecule has 2 aliphatic heterocycles. The van der Waals surface area contributed by atoms with Gasteiger partial charge in [-0.2, -0.15) is 0 Å². The second-order valence-corrected chi connectivity index (χ2v) is 7.08. The first kappa shape index (κ1) is 13.7. The highest BCUT2D eigenvalue weighted by atomic mass is 16.6. The lowest BCUT2D eigenvalue weighted by molar-refractivity contribution is -0.102. The Morgan fingerprint density at radius 3 is 2.81 bits per heavy atom. The van der Waals surface area contributed by atoms with Crippen molar-refractivity contribution in [2.75, 3.05) is 19.8 Å². The molecule has 2 N–H and O–H groups in total. The highest BCUT2D eigenvalue weighted by Gasteiger charge is 2.49. The summed E-state index contributed by atoms with van der Waals surface area (Å²) in [6, 6.07) is 11.2. The quantitative estimate of drug-likeness (QED) is 0.929. The van der Waals surface area contributed by atoms with Crippen molar-refractivity contribution >= 4 is 0 Å². The molecule has 1 spiro atoms. The Morgan fingerprint density at radius 1 is 1.19 bits per heavy atom. The molecule has 1 aliphatic carbocycles. The minimum Gasteiger partial charge on any atom is -0.378 e. The van der Waals surface area contributed by atoms with Crippen LogP contribution in [0, 0.1) is 11.8 Å². The second kappa shape index (κ2) is 5.38. The molecule has 1 aromatic carbocycles. The van der Waals surface area contributed by atoms with E-state index in [-0.39, 0.29) is 5.60 Å². The lowest BCUT2D eigenvalue weighted by atomic mass is 9.79. The minimum atomic E-state index is -0.0162. The van der Waals surface area contributed by atoms with Crippen molar-refractivity contribution in [1.29, 1.82) is 0 Å². The molecule has 0 amide bonds. The van der Waals surface area contributed by atoms with Crippen LogP contribution in [-0.2, 0) is 9.47 Å². The van der Waals surface area contributed by atoms with E-state index in [2.05, 4.69) is 30.3 Å².